The van der Waals surface area contributed by atoms with E-state index in [0.29, 0.717) is 12.5 Å². The van der Waals surface area contributed by atoms with Crippen LogP contribution in [0.3, 0.4) is 0 Å². The molecule has 0 radical (unpaired) electrons. The number of aliphatic hydroxyl groups excluding tert-OH is 1. The van der Waals surface area contributed by atoms with Gasteiger partial charge < -0.3 is 15.3 Å². The molecule has 130 valence electrons. The lowest BCUT2D eigenvalue weighted by Gasteiger charge is -2.33. The molecule has 0 unspecified atom stereocenters. The van der Waals surface area contributed by atoms with Gasteiger partial charge in [-0.05, 0) is 49.4 Å². The number of aliphatic hydroxyl groups is 1. The van der Waals surface area contributed by atoms with Gasteiger partial charge in [0.05, 0.1) is 5.69 Å². The van der Waals surface area contributed by atoms with E-state index in [2.05, 4.69) is 52.6 Å². The van der Waals surface area contributed by atoms with E-state index < -0.39 is 0 Å². The van der Waals surface area contributed by atoms with Gasteiger partial charge in [-0.25, -0.2) is 0 Å². The molecule has 24 heavy (non-hydrogen) atoms. The van der Waals surface area contributed by atoms with Crippen LogP contribution in [0.4, 0.5) is 5.69 Å². The van der Waals surface area contributed by atoms with Crippen LogP contribution in [0.5, 0.6) is 0 Å². The normalized spacial score (nSPS) is 15.8. The molecule has 1 aromatic carbocycles. The minimum Gasteiger partial charge on any atom is -0.396 e. The van der Waals surface area contributed by atoms with Gasteiger partial charge in [-0.2, -0.15) is 5.10 Å². The van der Waals surface area contributed by atoms with Crippen molar-refractivity contribution in [3.05, 3.63) is 47.8 Å². The zero-order valence-corrected chi connectivity index (χ0v) is 14.5. The van der Waals surface area contributed by atoms with Gasteiger partial charge in [-0.15, -0.1) is 0 Å². The molecule has 0 bridgehead atoms. The van der Waals surface area contributed by atoms with E-state index in [1.807, 2.05) is 10.9 Å². The lowest BCUT2D eigenvalue weighted by Crippen LogP contribution is -2.34. The summed E-state index contributed by atoms with van der Waals surface area (Å²) in [6.07, 6.45) is 4.03. The van der Waals surface area contributed by atoms with Crippen molar-refractivity contribution in [2.45, 2.75) is 39.4 Å². The Hall–Kier alpha value is -1.85. The fourth-order valence-corrected chi connectivity index (χ4v) is 3.33. The molecule has 1 fully saturated rings. The zero-order valence-electron chi connectivity index (χ0n) is 14.5. The van der Waals surface area contributed by atoms with Crippen LogP contribution in [0.1, 0.15) is 31.0 Å². The molecular formula is C19H28N4O. The number of rotatable bonds is 7. The van der Waals surface area contributed by atoms with Gasteiger partial charge in [-0.1, -0.05) is 12.1 Å². The second kappa shape index (κ2) is 8.31. The lowest BCUT2D eigenvalue weighted by molar-refractivity contribution is 0.203. The highest BCUT2D eigenvalue weighted by molar-refractivity contribution is 5.48. The highest BCUT2D eigenvalue weighted by Gasteiger charge is 2.18. The van der Waals surface area contributed by atoms with E-state index in [1.165, 1.54) is 16.9 Å². The van der Waals surface area contributed by atoms with E-state index in [1.54, 1.807) is 0 Å². The standard InChI is InChI=1S/C19H28N4O/c1-2-23-19(7-10-21-23)14-20-13-16-3-5-18(6-4-16)22-11-8-17(15-24)9-12-22/h3-7,10,17,20,24H,2,8-9,11-15H2,1H3. The maximum Gasteiger partial charge on any atom is 0.0522 e. The van der Waals surface area contributed by atoms with Gasteiger partial charge in [0.15, 0.2) is 0 Å². The number of hydrogen-bond acceptors (Lipinski definition) is 4. The van der Waals surface area contributed by atoms with Gasteiger partial charge in [-0.3, -0.25) is 4.68 Å². The first-order valence-corrected chi connectivity index (χ1v) is 8.96. The third-order valence-corrected chi connectivity index (χ3v) is 4.91. The molecule has 0 amide bonds. The van der Waals surface area contributed by atoms with Crippen LogP contribution in [0, 0.1) is 5.92 Å². The average molecular weight is 328 g/mol. The Bertz CT molecular complexity index is 615. The largest absolute Gasteiger partial charge is 0.396 e. The lowest BCUT2D eigenvalue weighted by atomic mass is 9.97. The maximum atomic E-state index is 9.24. The average Bonchev–Trinajstić information content (AvgIpc) is 3.10. The van der Waals surface area contributed by atoms with Gasteiger partial charge in [0, 0.05) is 51.2 Å². The number of anilines is 1. The molecule has 0 saturated carbocycles. The van der Waals surface area contributed by atoms with Crippen molar-refractivity contribution in [1.82, 2.24) is 15.1 Å². The van der Waals surface area contributed by atoms with E-state index in [-0.39, 0.29) is 0 Å². The van der Waals surface area contributed by atoms with Crippen LogP contribution in [0.15, 0.2) is 36.5 Å². The Morgan fingerprint density at radius 1 is 1.12 bits per heavy atom. The Morgan fingerprint density at radius 3 is 2.54 bits per heavy atom. The summed E-state index contributed by atoms with van der Waals surface area (Å²) in [6, 6.07) is 10.9. The summed E-state index contributed by atoms with van der Waals surface area (Å²) in [6.45, 7) is 7.14. The first-order valence-electron chi connectivity index (χ1n) is 8.96. The van der Waals surface area contributed by atoms with Crippen molar-refractivity contribution in [2.75, 3.05) is 24.6 Å². The monoisotopic (exact) mass is 328 g/mol. The molecule has 0 aliphatic carbocycles. The number of hydrogen-bond donors (Lipinski definition) is 2. The van der Waals surface area contributed by atoms with E-state index >= 15 is 0 Å². The quantitative estimate of drug-likeness (QED) is 0.819. The topological polar surface area (TPSA) is 53.3 Å². The Kier molecular flexibility index (Phi) is 5.88. The van der Waals surface area contributed by atoms with Crippen LogP contribution < -0.4 is 10.2 Å². The van der Waals surface area contributed by atoms with Crippen LogP contribution in [0.2, 0.25) is 0 Å². The summed E-state index contributed by atoms with van der Waals surface area (Å²) in [5.74, 6) is 0.487. The molecule has 2 aromatic rings. The van der Waals surface area contributed by atoms with Gasteiger partial charge in [0.2, 0.25) is 0 Å². The smallest absolute Gasteiger partial charge is 0.0522 e. The molecule has 5 nitrogen and oxygen atoms in total. The van der Waals surface area contributed by atoms with Gasteiger partial charge >= 0.3 is 0 Å². The number of nitrogens with zero attached hydrogens (tertiary/aromatic N) is 3. The van der Waals surface area contributed by atoms with Crippen molar-refractivity contribution in [2.24, 2.45) is 5.92 Å². The second-order valence-corrected chi connectivity index (χ2v) is 6.52. The van der Waals surface area contributed by atoms with E-state index in [0.717, 1.165) is 45.6 Å². The Labute approximate surface area is 144 Å². The zero-order chi connectivity index (χ0) is 16.8. The molecule has 1 aliphatic rings. The summed E-state index contributed by atoms with van der Waals surface area (Å²) in [5.41, 5.74) is 3.81. The first kappa shape index (κ1) is 17.0. The van der Waals surface area contributed by atoms with Crippen molar-refractivity contribution in [1.29, 1.82) is 0 Å². The summed E-state index contributed by atoms with van der Waals surface area (Å²) in [7, 11) is 0. The number of aromatic nitrogens is 2. The fraction of sp³-hybridized carbons (Fsp3) is 0.526. The fourth-order valence-electron chi connectivity index (χ4n) is 3.33. The van der Waals surface area contributed by atoms with Gasteiger partial charge in [0.25, 0.3) is 0 Å². The minimum absolute atomic E-state index is 0.329. The SMILES string of the molecule is CCn1nccc1CNCc1ccc(N2CCC(CO)CC2)cc1. The summed E-state index contributed by atoms with van der Waals surface area (Å²) >= 11 is 0. The van der Waals surface area contributed by atoms with E-state index in [4.69, 9.17) is 0 Å². The second-order valence-electron chi connectivity index (χ2n) is 6.52. The maximum absolute atomic E-state index is 9.24. The van der Waals surface area contributed by atoms with Crippen molar-refractivity contribution in [3.8, 4) is 0 Å². The highest BCUT2D eigenvalue weighted by atomic mass is 16.3. The molecule has 1 aliphatic heterocycles. The Balaban J connectivity index is 1.48. The summed E-state index contributed by atoms with van der Waals surface area (Å²) in [5, 5.41) is 17.0. The third-order valence-electron chi connectivity index (χ3n) is 4.91. The minimum atomic E-state index is 0.329. The van der Waals surface area contributed by atoms with Crippen molar-refractivity contribution in [3.63, 3.8) is 0 Å². The van der Waals surface area contributed by atoms with Gasteiger partial charge in [0.1, 0.15) is 0 Å². The molecule has 2 heterocycles. The van der Waals surface area contributed by atoms with Crippen LogP contribution in [-0.2, 0) is 19.6 Å². The van der Waals surface area contributed by atoms with Crippen LogP contribution in [0.25, 0.3) is 0 Å². The number of piperidine rings is 1. The van der Waals surface area contributed by atoms with Crippen molar-refractivity contribution < 1.29 is 5.11 Å². The molecule has 5 heteroatoms. The molecule has 1 saturated heterocycles. The number of aryl methyl sites for hydroxylation is 1. The molecule has 0 atom stereocenters. The summed E-state index contributed by atoms with van der Waals surface area (Å²) < 4.78 is 2.02. The van der Waals surface area contributed by atoms with Crippen LogP contribution >= 0.6 is 0 Å². The number of nitrogens with one attached hydrogen (secondary N) is 1. The summed E-state index contributed by atoms with van der Waals surface area (Å²) in [4.78, 5) is 2.42. The molecule has 2 N–H and O–H groups in total. The van der Waals surface area contributed by atoms with E-state index in [9.17, 15) is 5.11 Å². The third kappa shape index (κ3) is 4.16. The molecule has 1 aromatic heterocycles. The molecule has 0 spiro atoms. The molecule has 3 rings (SSSR count). The van der Waals surface area contributed by atoms with Crippen molar-refractivity contribution >= 4 is 5.69 Å². The highest BCUT2D eigenvalue weighted by Crippen LogP contribution is 2.23. The molecular weight excluding hydrogens is 300 g/mol. The first-order chi connectivity index (χ1) is 11.8. The van der Waals surface area contributed by atoms with Crippen LogP contribution in [-0.4, -0.2) is 34.6 Å². The Morgan fingerprint density at radius 2 is 1.88 bits per heavy atom. The number of benzene rings is 1. The predicted molar refractivity (Wildman–Crippen MR) is 96.9 cm³/mol. The predicted octanol–water partition coefficient (Wildman–Crippen LogP) is 2.40.